The van der Waals surface area contributed by atoms with Gasteiger partial charge in [-0.05, 0) is 26.2 Å². The summed E-state index contributed by atoms with van der Waals surface area (Å²) >= 11 is 0. The molecule has 0 radical (unpaired) electrons. The van der Waals surface area contributed by atoms with Crippen LogP contribution in [0.2, 0.25) is 0 Å². The van der Waals surface area contributed by atoms with E-state index < -0.39 is 35.3 Å². The zero-order chi connectivity index (χ0) is 27.2. The lowest BCUT2D eigenvalue weighted by Gasteiger charge is -2.17. The molecule has 1 aromatic rings. The van der Waals surface area contributed by atoms with Gasteiger partial charge in [0.15, 0.2) is 0 Å². The van der Waals surface area contributed by atoms with Crippen LogP contribution in [0, 0.1) is 0 Å². The quantitative estimate of drug-likeness (QED) is 0.179. The highest BCUT2D eigenvalue weighted by Gasteiger charge is 2.22. The predicted octanol–water partition coefficient (Wildman–Crippen LogP) is -0.513. The SMILES string of the molecule is CC(CC(CC(N=C=O)n1c(=O)[nH]c(=O)[nH]c1=O)N=C=O)N=C=O.O=C=NCCCCCCN=C=O. The lowest BCUT2D eigenvalue weighted by molar-refractivity contribution is 0.380. The van der Waals surface area contributed by atoms with Crippen molar-refractivity contribution in [3.05, 3.63) is 31.5 Å². The van der Waals surface area contributed by atoms with Crippen LogP contribution in [0.1, 0.15) is 51.6 Å². The summed E-state index contributed by atoms with van der Waals surface area (Å²) in [5.74, 6) is 0. The van der Waals surface area contributed by atoms with Crippen molar-refractivity contribution >= 4 is 30.4 Å². The predicted molar refractivity (Wildman–Crippen MR) is 122 cm³/mol. The fourth-order valence-corrected chi connectivity index (χ4v) is 2.87. The molecular formula is C20H24N8O8. The summed E-state index contributed by atoms with van der Waals surface area (Å²) in [7, 11) is 0. The summed E-state index contributed by atoms with van der Waals surface area (Å²) in [6.45, 7) is 2.66. The first-order valence-electron chi connectivity index (χ1n) is 10.6. The zero-order valence-electron chi connectivity index (χ0n) is 19.3. The maximum Gasteiger partial charge on any atom is 0.335 e. The fourth-order valence-electron chi connectivity index (χ4n) is 2.87. The molecule has 2 N–H and O–H groups in total. The van der Waals surface area contributed by atoms with Crippen molar-refractivity contribution in [2.45, 2.75) is 63.7 Å². The van der Waals surface area contributed by atoms with E-state index in [2.05, 4.69) is 25.0 Å². The van der Waals surface area contributed by atoms with Crippen LogP contribution in [0.25, 0.3) is 0 Å². The molecule has 1 rings (SSSR count). The van der Waals surface area contributed by atoms with Crippen LogP contribution < -0.4 is 17.1 Å². The third-order valence-corrected chi connectivity index (χ3v) is 4.40. The Morgan fingerprint density at radius 3 is 1.64 bits per heavy atom. The fraction of sp³-hybridized carbons (Fsp3) is 0.600. The minimum atomic E-state index is -1.37. The smallest absolute Gasteiger partial charge is 0.259 e. The number of aromatic nitrogens is 3. The molecule has 0 spiro atoms. The highest BCUT2D eigenvalue weighted by molar-refractivity contribution is 5.35. The first-order chi connectivity index (χ1) is 17.3. The monoisotopic (exact) mass is 504 g/mol. The summed E-state index contributed by atoms with van der Waals surface area (Å²) in [6.07, 6.45) is 9.14. The second-order valence-corrected chi connectivity index (χ2v) is 7.04. The van der Waals surface area contributed by atoms with Gasteiger partial charge in [-0.1, -0.05) is 12.8 Å². The Morgan fingerprint density at radius 2 is 1.19 bits per heavy atom. The third kappa shape index (κ3) is 13.8. The molecule has 0 aliphatic heterocycles. The maximum absolute atomic E-state index is 11.8. The van der Waals surface area contributed by atoms with Gasteiger partial charge in [0.2, 0.25) is 30.4 Å². The molecule has 0 saturated heterocycles. The number of unbranched alkanes of at least 4 members (excludes halogenated alkanes) is 3. The maximum atomic E-state index is 11.8. The van der Waals surface area contributed by atoms with E-state index in [0.29, 0.717) is 17.7 Å². The van der Waals surface area contributed by atoms with E-state index in [-0.39, 0.29) is 12.8 Å². The van der Waals surface area contributed by atoms with Crippen molar-refractivity contribution in [2.24, 2.45) is 25.0 Å². The zero-order valence-corrected chi connectivity index (χ0v) is 19.3. The summed E-state index contributed by atoms with van der Waals surface area (Å²) in [5, 5.41) is 0. The first kappa shape index (κ1) is 31.3. The van der Waals surface area contributed by atoms with Gasteiger partial charge in [0.1, 0.15) is 6.17 Å². The van der Waals surface area contributed by atoms with Crippen molar-refractivity contribution in [3.8, 4) is 0 Å². The van der Waals surface area contributed by atoms with Crippen LogP contribution in [-0.4, -0.2) is 70.1 Å². The van der Waals surface area contributed by atoms with Gasteiger partial charge in [0.05, 0.1) is 25.2 Å². The number of hydrogen-bond donors (Lipinski definition) is 2. The molecule has 192 valence electrons. The third-order valence-electron chi connectivity index (χ3n) is 4.40. The van der Waals surface area contributed by atoms with E-state index in [1.165, 1.54) is 30.4 Å². The molecule has 0 aliphatic carbocycles. The molecule has 0 aromatic carbocycles. The van der Waals surface area contributed by atoms with Gasteiger partial charge in [0, 0.05) is 6.42 Å². The van der Waals surface area contributed by atoms with Gasteiger partial charge in [-0.3, -0.25) is 9.97 Å². The molecule has 1 aromatic heterocycles. The van der Waals surface area contributed by atoms with Gasteiger partial charge < -0.3 is 0 Å². The summed E-state index contributed by atoms with van der Waals surface area (Å²) in [4.78, 5) is 106. The van der Waals surface area contributed by atoms with E-state index in [0.717, 1.165) is 25.7 Å². The van der Waals surface area contributed by atoms with Gasteiger partial charge in [0.25, 0.3) is 0 Å². The van der Waals surface area contributed by atoms with Crippen molar-refractivity contribution < 1.29 is 24.0 Å². The number of aromatic amines is 2. The topological polar surface area (TPSA) is 235 Å². The molecule has 3 unspecified atom stereocenters. The number of H-pyrrole nitrogens is 2. The van der Waals surface area contributed by atoms with E-state index in [9.17, 15) is 38.4 Å². The lowest BCUT2D eigenvalue weighted by Crippen LogP contribution is -2.45. The molecule has 16 heteroatoms. The van der Waals surface area contributed by atoms with Gasteiger partial charge in [-0.25, -0.2) is 62.9 Å². The average Bonchev–Trinajstić information content (AvgIpc) is 2.81. The number of hydrogen-bond acceptors (Lipinski definition) is 13. The molecule has 0 saturated carbocycles. The highest BCUT2D eigenvalue weighted by Crippen LogP contribution is 2.18. The van der Waals surface area contributed by atoms with E-state index in [1.807, 2.05) is 9.97 Å². The number of nitrogens with zero attached hydrogens (tertiary/aromatic N) is 6. The van der Waals surface area contributed by atoms with Crippen molar-refractivity contribution in [1.29, 1.82) is 0 Å². The Bertz CT molecular complexity index is 1180. The number of isocyanates is 5. The van der Waals surface area contributed by atoms with Gasteiger partial charge in [-0.15, -0.1) is 0 Å². The number of rotatable bonds is 15. The minimum absolute atomic E-state index is 0.0748. The Balaban J connectivity index is 0.000000860. The lowest BCUT2D eigenvalue weighted by atomic mass is 10.0. The number of aliphatic imine (C=N–C) groups is 5. The van der Waals surface area contributed by atoms with Crippen LogP contribution in [0.3, 0.4) is 0 Å². The molecule has 3 atom stereocenters. The average molecular weight is 504 g/mol. The van der Waals surface area contributed by atoms with Crippen LogP contribution in [-0.2, 0) is 24.0 Å². The molecule has 36 heavy (non-hydrogen) atoms. The summed E-state index contributed by atoms with van der Waals surface area (Å²) < 4.78 is 0.479. The Labute approximate surface area is 202 Å². The molecule has 0 amide bonds. The number of carbonyl (C=O) groups excluding carboxylic acids is 5. The first-order valence-corrected chi connectivity index (χ1v) is 10.6. The Morgan fingerprint density at radius 1 is 0.694 bits per heavy atom. The molecule has 0 aliphatic rings. The molecule has 0 bridgehead atoms. The van der Waals surface area contributed by atoms with E-state index in [4.69, 9.17) is 0 Å². The van der Waals surface area contributed by atoms with Gasteiger partial charge in [-0.2, -0.15) is 4.99 Å². The van der Waals surface area contributed by atoms with Crippen LogP contribution in [0.4, 0.5) is 0 Å². The van der Waals surface area contributed by atoms with Crippen LogP contribution in [0.5, 0.6) is 0 Å². The Hall–Kier alpha value is -4.69. The Kier molecular flexibility index (Phi) is 17.2. The number of nitrogens with one attached hydrogen (secondary N) is 2. The minimum Gasteiger partial charge on any atom is -0.259 e. The van der Waals surface area contributed by atoms with E-state index >= 15 is 0 Å². The second-order valence-electron chi connectivity index (χ2n) is 7.04. The summed E-state index contributed by atoms with van der Waals surface area (Å²) in [6, 6.07) is -1.41. The normalized spacial score (nSPS) is 11.8. The van der Waals surface area contributed by atoms with Crippen molar-refractivity contribution in [2.75, 3.05) is 13.1 Å². The molecule has 1 heterocycles. The molecule has 0 fully saturated rings. The molecular weight excluding hydrogens is 480 g/mol. The standard InChI is InChI=1S/C12H12N6O6.C8H12N2O2/c1-7(13-4-19)2-8(14-5-20)3-9(15-6-21)18-11(23)16-10(22)17-12(18)24;11-7-9-5-3-1-2-4-6-10-8-12/h7-9H,2-3H2,1H3,(H2,16,17,22,23,24);1-6H2. The van der Waals surface area contributed by atoms with Crippen molar-refractivity contribution in [1.82, 2.24) is 14.5 Å². The van der Waals surface area contributed by atoms with Gasteiger partial charge >= 0.3 is 17.1 Å². The largest absolute Gasteiger partial charge is 0.335 e. The summed E-state index contributed by atoms with van der Waals surface area (Å²) in [5.41, 5.74) is -3.22. The van der Waals surface area contributed by atoms with Crippen LogP contribution >= 0.6 is 0 Å². The highest BCUT2D eigenvalue weighted by atomic mass is 16.2. The van der Waals surface area contributed by atoms with Crippen molar-refractivity contribution in [3.63, 3.8) is 0 Å². The van der Waals surface area contributed by atoms with Crippen LogP contribution in [0.15, 0.2) is 39.3 Å². The molecule has 16 nitrogen and oxygen atoms in total. The van der Waals surface area contributed by atoms with E-state index in [1.54, 1.807) is 6.92 Å². The second kappa shape index (κ2) is 19.7.